The van der Waals surface area contributed by atoms with Crippen LogP contribution in [0.1, 0.15) is 39.2 Å². The molecule has 7 heteroatoms. The summed E-state index contributed by atoms with van der Waals surface area (Å²) in [6.07, 6.45) is 3.17. The van der Waals surface area contributed by atoms with Crippen molar-refractivity contribution in [2.75, 3.05) is 33.0 Å². The predicted octanol–water partition coefficient (Wildman–Crippen LogP) is 3.19. The lowest BCUT2D eigenvalue weighted by atomic mass is 9.91. The zero-order valence-electron chi connectivity index (χ0n) is 18.1. The Morgan fingerprint density at radius 1 is 1.14 bits per heavy atom. The van der Waals surface area contributed by atoms with Crippen molar-refractivity contribution < 1.29 is 19.1 Å². The quantitative estimate of drug-likeness (QED) is 0.522. The zero-order valence-corrected chi connectivity index (χ0v) is 18.9. The fraction of sp³-hybridized carbons (Fsp3) is 0.591. The van der Waals surface area contributed by atoms with Crippen LogP contribution in [0.4, 0.5) is 0 Å². The smallest absolute Gasteiger partial charge is 0.309 e. The molecule has 0 saturated carbocycles. The molecule has 1 fully saturated rings. The maximum absolute atomic E-state index is 12.3. The summed E-state index contributed by atoms with van der Waals surface area (Å²) < 4.78 is 5.26. The summed E-state index contributed by atoms with van der Waals surface area (Å²) in [5.41, 5.74) is 0.612. The van der Waals surface area contributed by atoms with E-state index in [4.69, 9.17) is 4.74 Å². The highest BCUT2D eigenvalue weighted by atomic mass is 32.2. The zero-order chi connectivity index (χ0) is 21.6. The molecule has 0 bridgehead atoms. The Morgan fingerprint density at radius 3 is 2.24 bits per heavy atom. The molecule has 160 valence electrons. The van der Waals surface area contributed by atoms with Gasteiger partial charge in [0.05, 0.1) is 5.92 Å². The third kappa shape index (κ3) is 6.77. The number of carbonyl (C=O) groups is 3. The van der Waals surface area contributed by atoms with E-state index in [1.54, 1.807) is 23.7 Å². The molecule has 1 aromatic rings. The average Bonchev–Trinajstić information content (AvgIpc) is 2.71. The minimum atomic E-state index is -0.417. The number of hydrogen-bond donors (Lipinski definition) is 0. The van der Waals surface area contributed by atoms with Crippen LogP contribution >= 0.6 is 11.8 Å². The number of thioether (sulfide) groups is 1. The standard InChI is InChI=1S/C22H32N2O4S/c1-22(2,3)21(27)24-12-10-17(11-13-24)20(26)28-15-19(25)23(4)14-16-6-8-18(29-5)9-7-16/h6-9,17H,10-15H2,1-5H3. The molecule has 1 aliphatic rings. The van der Waals surface area contributed by atoms with Crippen molar-refractivity contribution in [3.63, 3.8) is 0 Å². The van der Waals surface area contributed by atoms with Gasteiger partial charge in [-0.1, -0.05) is 32.9 Å². The highest BCUT2D eigenvalue weighted by molar-refractivity contribution is 7.98. The lowest BCUT2D eigenvalue weighted by Gasteiger charge is -2.35. The first kappa shape index (κ1) is 23.3. The number of ether oxygens (including phenoxy) is 1. The van der Waals surface area contributed by atoms with Crippen molar-refractivity contribution in [1.29, 1.82) is 0 Å². The monoisotopic (exact) mass is 420 g/mol. The first-order valence-corrected chi connectivity index (χ1v) is 11.2. The SMILES string of the molecule is CSc1ccc(CN(C)C(=O)COC(=O)C2CCN(C(=O)C(C)(C)C)CC2)cc1. The van der Waals surface area contributed by atoms with Crippen molar-refractivity contribution >= 4 is 29.5 Å². The van der Waals surface area contributed by atoms with Gasteiger partial charge in [-0.3, -0.25) is 14.4 Å². The van der Waals surface area contributed by atoms with Crippen LogP contribution in [0.5, 0.6) is 0 Å². The number of hydrogen-bond acceptors (Lipinski definition) is 5. The summed E-state index contributed by atoms with van der Waals surface area (Å²) >= 11 is 1.67. The van der Waals surface area contributed by atoms with Crippen molar-refractivity contribution in [3.8, 4) is 0 Å². The van der Waals surface area contributed by atoms with E-state index in [2.05, 4.69) is 0 Å². The van der Waals surface area contributed by atoms with Gasteiger partial charge in [0.25, 0.3) is 5.91 Å². The van der Waals surface area contributed by atoms with E-state index in [-0.39, 0.29) is 30.3 Å². The first-order chi connectivity index (χ1) is 13.6. The molecule has 0 spiro atoms. The van der Waals surface area contributed by atoms with E-state index in [0.717, 1.165) is 5.56 Å². The topological polar surface area (TPSA) is 66.9 Å². The van der Waals surface area contributed by atoms with Crippen LogP contribution < -0.4 is 0 Å². The minimum absolute atomic E-state index is 0.103. The Labute approximate surface area is 178 Å². The molecule has 6 nitrogen and oxygen atoms in total. The van der Waals surface area contributed by atoms with Gasteiger partial charge in [-0.2, -0.15) is 0 Å². The average molecular weight is 421 g/mol. The van der Waals surface area contributed by atoms with Crippen molar-refractivity contribution in [2.24, 2.45) is 11.3 Å². The van der Waals surface area contributed by atoms with Crippen LogP contribution in [0.15, 0.2) is 29.2 Å². The first-order valence-electron chi connectivity index (χ1n) is 9.94. The lowest BCUT2D eigenvalue weighted by molar-refractivity contribution is -0.157. The molecule has 2 rings (SSSR count). The van der Waals surface area contributed by atoms with Crippen molar-refractivity contribution in [3.05, 3.63) is 29.8 Å². The molecule has 2 amide bonds. The van der Waals surface area contributed by atoms with Gasteiger partial charge in [0.1, 0.15) is 0 Å². The van der Waals surface area contributed by atoms with E-state index in [1.807, 2.05) is 56.2 Å². The van der Waals surface area contributed by atoms with Gasteiger partial charge in [0, 0.05) is 37.0 Å². The van der Waals surface area contributed by atoms with Gasteiger partial charge < -0.3 is 14.5 Å². The van der Waals surface area contributed by atoms with Gasteiger partial charge >= 0.3 is 5.97 Å². The third-order valence-corrected chi connectivity index (χ3v) is 5.84. The Hall–Kier alpha value is -2.02. The van der Waals surface area contributed by atoms with E-state index < -0.39 is 5.41 Å². The second kappa shape index (κ2) is 10.1. The van der Waals surface area contributed by atoms with Gasteiger partial charge in [0.2, 0.25) is 5.91 Å². The van der Waals surface area contributed by atoms with E-state index in [9.17, 15) is 14.4 Å². The molecule has 0 unspecified atom stereocenters. The Kier molecular flexibility index (Phi) is 8.14. The number of esters is 1. The van der Waals surface area contributed by atoms with E-state index >= 15 is 0 Å². The number of carbonyl (C=O) groups excluding carboxylic acids is 3. The van der Waals surface area contributed by atoms with Crippen LogP contribution in [0.25, 0.3) is 0 Å². The van der Waals surface area contributed by atoms with Gasteiger partial charge in [-0.25, -0.2) is 0 Å². The van der Waals surface area contributed by atoms with E-state index in [0.29, 0.717) is 32.5 Å². The summed E-state index contributed by atoms with van der Waals surface area (Å²) in [5, 5.41) is 0. The summed E-state index contributed by atoms with van der Waals surface area (Å²) in [4.78, 5) is 41.5. The molecule has 1 heterocycles. The maximum atomic E-state index is 12.3. The molecule has 0 atom stereocenters. The summed E-state index contributed by atoms with van der Waals surface area (Å²) in [6, 6.07) is 8.03. The lowest BCUT2D eigenvalue weighted by Crippen LogP contribution is -2.45. The Morgan fingerprint density at radius 2 is 1.72 bits per heavy atom. The third-order valence-electron chi connectivity index (χ3n) is 5.10. The minimum Gasteiger partial charge on any atom is -0.455 e. The normalized spacial score (nSPS) is 15.1. The molecule has 0 radical (unpaired) electrons. The summed E-state index contributed by atoms with van der Waals surface area (Å²) in [5.74, 6) is -0.727. The molecule has 1 aromatic carbocycles. The second-order valence-corrected chi connectivity index (χ2v) is 9.40. The molecule has 0 aromatic heterocycles. The fourth-order valence-electron chi connectivity index (χ4n) is 3.25. The largest absolute Gasteiger partial charge is 0.455 e. The molecule has 29 heavy (non-hydrogen) atoms. The van der Waals surface area contributed by atoms with Crippen molar-refractivity contribution in [2.45, 2.75) is 45.1 Å². The highest BCUT2D eigenvalue weighted by Crippen LogP contribution is 2.24. The van der Waals surface area contributed by atoms with E-state index in [1.165, 1.54) is 4.90 Å². The van der Waals surface area contributed by atoms with Crippen LogP contribution in [0.2, 0.25) is 0 Å². The van der Waals surface area contributed by atoms with Gasteiger partial charge in [0.15, 0.2) is 6.61 Å². The molecule has 1 saturated heterocycles. The number of nitrogens with zero attached hydrogens (tertiary/aromatic N) is 2. The van der Waals surface area contributed by atoms with Crippen LogP contribution in [-0.4, -0.2) is 60.6 Å². The Balaban J connectivity index is 1.75. The second-order valence-electron chi connectivity index (χ2n) is 8.52. The molecule has 1 aliphatic heterocycles. The number of amides is 2. The maximum Gasteiger partial charge on any atom is 0.309 e. The predicted molar refractivity (Wildman–Crippen MR) is 114 cm³/mol. The van der Waals surface area contributed by atoms with Gasteiger partial charge in [-0.05, 0) is 36.8 Å². The van der Waals surface area contributed by atoms with Gasteiger partial charge in [-0.15, -0.1) is 11.8 Å². The Bertz CT molecular complexity index is 719. The highest BCUT2D eigenvalue weighted by Gasteiger charge is 2.33. The number of rotatable bonds is 6. The fourth-order valence-corrected chi connectivity index (χ4v) is 3.65. The molecular formula is C22H32N2O4S. The number of benzene rings is 1. The number of likely N-dealkylation sites (N-methyl/N-ethyl adjacent to an activating group) is 1. The number of piperidine rings is 1. The van der Waals surface area contributed by atoms with Crippen molar-refractivity contribution in [1.82, 2.24) is 9.80 Å². The van der Waals surface area contributed by atoms with Crippen LogP contribution in [0.3, 0.4) is 0 Å². The molecule has 0 aliphatic carbocycles. The molecule has 0 N–H and O–H groups in total. The van der Waals surface area contributed by atoms with Crippen LogP contribution in [-0.2, 0) is 25.7 Å². The molecular weight excluding hydrogens is 388 g/mol. The summed E-state index contributed by atoms with van der Waals surface area (Å²) in [6.45, 7) is 7.02. The summed E-state index contributed by atoms with van der Waals surface area (Å²) in [7, 11) is 1.70. The number of likely N-dealkylation sites (tertiary alicyclic amines) is 1. The van der Waals surface area contributed by atoms with Crippen LogP contribution in [0, 0.1) is 11.3 Å².